The number of alkyl halides is 1. The highest BCUT2D eigenvalue weighted by molar-refractivity contribution is 7.15. The van der Waals surface area contributed by atoms with E-state index in [1.165, 1.54) is 22.2 Å². The van der Waals surface area contributed by atoms with Gasteiger partial charge in [0.1, 0.15) is 12.8 Å². The van der Waals surface area contributed by atoms with Crippen LogP contribution in [0.25, 0.3) is 10.4 Å². The van der Waals surface area contributed by atoms with Crippen LogP contribution in [0.5, 0.6) is 0 Å². The molecule has 3 unspecified atom stereocenters. The number of halogens is 2. The summed E-state index contributed by atoms with van der Waals surface area (Å²) in [5.74, 6) is -0.355. The maximum absolute atomic E-state index is 13.4. The van der Waals surface area contributed by atoms with Crippen LogP contribution in [0.1, 0.15) is 41.9 Å². The lowest BCUT2D eigenvalue weighted by atomic mass is 9.94. The molecule has 4 rings (SSSR count). The summed E-state index contributed by atoms with van der Waals surface area (Å²) in [6.45, 7) is 0.770. The molecule has 0 amide bonds. The van der Waals surface area contributed by atoms with Gasteiger partial charge in [-0.25, -0.2) is 4.39 Å². The van der Waals surface area contributed by atoms with E-state index < -0.39 is 12.8 Å². The van der Waals surface area contributed by atoms with Crippen molar-refractivity contribution in [1.29, 1.82) is 0 Å². The van der Waals surface area contributed by atoms with E-state index in [-0.39, 0.29) is 18.2 Å². The predicted molar refractivity (Wildman–Crippen MR) is 122 cm³/mol. The van der Waals surface area contributed by atoms with Crippen LogP contribution in [0.4, 0.5) is 4.39 Å². The van der Waals surface area contributed by atoms with Crippen LogP contribution in [-0.2, 0) is 20.7 Å². The molecule has 1 aliphatic heterocycles. The highest BCUT2D eigenvalue weighted by Gasteiger charge is 2.32. The van der Waals surface area contributed by atoms with Crippen LogP contribution in [-0.4, -0.2) is 24.9 Å². The molecule has 1 fully saturated rings. The molecule has 1 aromatic heterocycles. The zero-order valence-electron chi connectivity index (χ0n) is 17.2. The first-order chi connectivity index (χ1) is 15.0. The summed E-state index contributed by atoms with van der Waals surface area (Å²) in [5, 5.41) is 0.688. The fraction of sp³-hybridized carbons (Fsp3) is 0.320. The zero-order valence-corrected chi connectivity index (χ0v) is 18.8. The maximum atomic E-state index is 13.4. The van der Waals surface area contributed by atoms with Gasteiger partial charge in [0.15, 0.2) is 0 Å². The Bertz CT molecular complexity index is 1040. The molecule has 31 heavy (non-hydrogen) atoms. The quantitative estimate of drug-likeness (QED) is 0.382. The highest BCUT2D eigenvalue weighted by Crippen LogP contribution is 2.36. The van der Waals surface area contributed by atoms with Gasteiger partial charge in [0.25, 0.3) is 0 Å². The van der Waals surface area contributed by atoms with Crippen molar-refractivity contribution < 1.29 is 18.7 Å². The van der Waals surface area contributed by atoms with Crippen LogP contribution < -0.4 is 0 Å². The summed E-state index contributed by atoms with van der Waals surface area (Å²) in [5.41, 5.74) is 3.12. The number of esters is 1. The van der Waals surface area contributed by atoms with Crippen molar-refractivity contribution >= 4 is 28.9 Å². The number of benzene rings is 2. The van der Waals surface area contributed by atoms with Crippen LogP contribution in [0.2, 0.25) is 5.02 Å². The fourth-order valence-corrected chi connectivity index (χ4v) is 5.19. The lowest BCUT2D eigenvalue weighted by Crippen LogP contribution is -2.35. The van der Waals surface area contributed by atoms with Crippen molar-refractivity contribution in [3.8, 4) is 10.4 Å². The summed E-state index contributed by atoms with van der Waals surface area (Å²) in [6.07, 6.45) is 0.336. The molecule has 2 aromatic carbocycles. The SMILES string of the molecule is CC(=O)OC1CC(CF)OC(c2ccc(Cl)c(Cc3ccc(-c4ccccc4)s3)c2)C1. The smallest absolute Gasteiger partial charge is 0.302 e. The summed E-state index contributed by atoms with van der Waals surface area (Å²) in [7, 11) is 0. The Hall–Kier alpha value is -2.21. The van der Waals surface area contributed by atoms with Crippen molar-refractivity contribution in [3.63, 3.8) is 0 Å². The van der Waals surface area contributed by atoms with Crippen LogP contribution >= 0.6 is 22.9 Å². The van der Waals surface area contributed by atoms with Crippen LogP contribution in [0, 0.1) is 0 Å². The molecular formula is C25H24ClFO3S. The molecule has 3 atom stereocenters. The second-order valence-corrected chi connectivity index (χ2v) is 9.34. The van der Waals surface area contributed by atoms with Gasteiger partial charge in [0, 0.05) is 41.0 Å². The Labute approximate surface area is 190 Å². The minimum atomic E-state index is -0.605. The Morgan fingerprint density at radius 2 is 1.97 bits per heavy atom. The predicted octanol–water partition coefficient (Wildman–Crippen LogP) is 6.78. The average molecular weight is 459 g/mol. The number of carbonyl (C=O) groups is 1. The lowest BCUT2D eigenvalue weighted by Gasteiger charge is -2.34. The van der Waals surface area contributed by atoms with Gasteiger partial charge in [-0.05, 0) is 34.9 Å². The van der Waals surface area contributed by atoms with Gasteiger partial charge >= 0.3 is 5.97 Å². The Morgan fingerprint density at radius 1 is 1.16 bits per heavy atom. The number of hydrogen-bond donors (Lipinski definition) is 0. The number of carbonyl (C=O) groups excluding carboxylic acids is 1. The first-order valence-electron chi connectivity index (χ1n) is 10.3. The summed E-state index contributed by atoms with van der Waals surface area (Å²) in [4.78, 5) is 13.8. The Balaban J connectivity index is 1.53. The van der Waals surface area contributed by atoms with Crippen LogP contribution in [0.15, 0.2) is 60.7 Å². The van der Waals surface area contributed by atoms with Gasteiger partial charge in [-0.15, -0.1) is 11.3 Å². The molecule has 162 valence electrons. The summed E-state index contributed by atoms with van der Waals surface area (Å²) in [6, 6.07) is 20.3. The molecule has 1 saturated heterocycles. The molecule has 6 heteroatoms. The number of thiophene rings is 1. The third-order valence-corrected chi connectivity index (χ3v) is 6.89. The van der Waals surface area contributed by atoms with E-state index in [0.717, 1.165) is 11.1 Å². The van der Waals surface area contributed by atoms with Crippen molar-refractivity contribution in [2.24, 2.45) is 0 Å². The average Bonchev–Trinajstić information content (AvgIpc) is 3.24. The van der Waals surface area contributed by atoms with Gasteiger partial charge < -0.3 is 9.47 Å². The lowest BCUT2D eigenvalue weighted by molar-refractivity contribution is -0.161. The number of ether oxygens (including phenoxy) is 2. The maximum Gasteiger partial charge on any atom is 0.302 e. The van der Waals surface area contributed by atoms with Gasteiger partial charge in [0.2, 0.25) is 0 Å². The topological polar surface area (TPSA) is 35.5 Å². The highest BCUT2D eigenvalue weighted by atomic mass is 35.5. The minimum Gasteiger partial charge on any atom is -0.462 e. The van der Waals surface area contributed by atoms with Gasteiger partial charge in [0.05, 0.1) is 12.2 Å². The first kappa shape index (κ1) is 22.0. The van der Waals surface area contributed by atoms with E-state index in [4.69, 9.17) is 21.1 Å². The van der Waals surface area contributed by atoms with E-state index >= 15 is 0 Å². The first-order valence-corrected chi connectivity index (χ1v) is 11.5. The Morgan fingerprint density at radius 3 is 2.71 bits per heavy atom. The third kappa shape index (κ3) is 5.53. The second kappa shape index (κ2) is 9.94. The monoisotopic (exact) mass is 458 g/mol. The molecule has 1 aliphatic rings. The molecule has 3 nitrogen and oxygen atoms in total. The zero-order chi connectivity index (χ0) is 21.8. The number of hydrogen-bond acceptors (Lipinski definition) is 4. The minimum absolute atomic E-state index is 0.335. The second-order valence-electron chi connectivity index (χ2n) is 7.76. The van der Waals surface area contributed by atoms with Crippen molar-refractivity contribution in [1.82, 2.24) is 0 Å². The molecule has 0 radical (unpaired) electrons. The largest absolute Gasteiger partial charge is 0.462 e. The van der Waals surface area contributed by atoms with E-state index in [2.05, 4.69) is 24.3 Å². The van der Waals surface area contributed by atoms with E-state index in [1.54, 1.807) is 11.3 Å². The van der Waals surface area contributed by atoms with Gasteiger partial charge in [-0.1, -0.05) is 54.1 Å². The standard InChI is InChI=1S/C25H24ClFO3S/c1-16(28)29-20-13-21(15-27)30-24(14-20)18-7-9-23(26)19(11-18)12-22-8-10-25(31-22)17-5-3-2-4-6-17/h2-11,20-21,24H,12-15H2,1H3. The molecule has 0 N–H and O–H groups in total. The third-order valence-electron chi connectivity index (χ3n) is 5.39. The van der Waals surface area contributed by atoms with Crippen molar-refractivity contribution in [2.75, 3.05) is 6.67 Å². The summed E-state index contributed by atoms with van der Waals surface area (Å²) >= 11 is 8.24. The van der Waals surface area contributed by atoms with Crippen LogP contribution in [0.3, 0.4) is 0 Å². The van der Waals surface area contributed by atoms with Crippen molar-refractivity contribution in [3.05, 3.63) is 81.7 Å². The molecule has 3 aromatic rings. The van der Waals surface area contributed by atoms with E-state index in [1.807, 2.05) is 36.4 Å². The summed E-state index contributed by atoms with van der Waals surface area (Å²) < 4.78 is 24.7. The normalized spacial score (nSPS) is 21.1. The molecule has 2 heterocycles. The van der Waals surface area contributed by atoms with Gasteiger partial charge in [-0.3, -0.25) is 4.79 Å². The Kier molecular flexibility index (Phi) is 7.06. The van der Waals surface area contributed by atoms with Gasteiger partial charge in [-0.2, -0.15) is 0 Å². The molecule has 0 bridgehead atoms. The molecule has 0 saturated carbocycles. The van der Waals surface area contributed by atoms with E-state index in [0.29, 0.717) is 24.3 Å². The number of rotatable bonds is 6. The molecule has 0 spiro atoms. The molecule has 0 aliphatic carbocycles. The van der Waals surface area contributed by atoms with E-state index in [9.17, 15) is 9.18 Å². The fourth-order valence-electron chi connectivity index (χ4n) is 3.97. The molecular weight excluding hydrogens is 435 g/mol. The van der Waals surface area contributed by atoms with Crippen molar-refractivity contribution in [2.45, 2.75) is 44.5 Å².